The summed E-state index contributed by atoms with van der Waals surface area (Å²) in [7, 11) is 1.71. The van der Waals surface area contributed by atoms with E-state index in [1.54, 1.807) is 18.0 Å². The number of halogens is 1. The number of furan rings is 1. The van der Waals surface area contributed by atoms with Crippen LogP contribution in [-0.2, 0) is 0 Å². The third-order valence-corrected chi connectivity index (χ3v) is 1.70. The molecule has 1 aromatic heterocycles. The minimum absolute atomic E-state index is 0.0654. The number of hydrogen-bond acceptors (Lipinski definition) is 2. The van der Waals surface area contributed by atoms with E-state index < -0.39 is 0 Å². The number of alkyl halides is 1. The van der Waals surface area contributed by atoms with Gasteiger partial charge in [0.1, 0.15) is 6.26 Å². The molecular formula is C8H10ClNO2. The summed E-state index contributed by atoms with van der Waals surface area (Å²) in [5, 5.41) is 0. The van der Waals surface area contributed by atoms with Gasteiger partial charge in [0.2, 0.25) is 0 Å². The van der Waals surface area contributed by atoms with Gasteiger partial charge in [0.25, 0.3) is 5.91 Å². The third kappa shape index (κ3) is 2.01. The molecule has 4 heteroatoms. The van der Waals surface area contributed by atoms with Crippen molar-refractivity contribution in [1.29, 1.82) is 0 Å². The predicted octanol–water partition coefficient (Wildman–Crippen LogP) is 1.59. The SMILES string of the molecule is CN(CCCl)C(=O)c1ccoc1. The molecule has 0 bridgehead atoms. The Kier molecular flexibility index (Phi) is 3.17. The number of hydrogen-bond donors (Lipinski definition) is 0. The summed E-state index contributed by atoms with van der Waals surface area (Å²) in [5.41, 5.74) is 0.558. The van der Waals surface area contributed by atoms with Gasteiger partial charge < -0.3 is 9.32 Å². The van der Waals surface area contributed by atoms with Crippen molar-refractivity contribution in [3.8, 4) is 0 Å². The van der Waals surface area contributed by atoms with E-state index >= 15 is 0 Å². The van der Waals surface area contributed by atoms with Gasteiger partial charge in [0, 0.05) is 19.5 Å². The minimum Gasteiger partial charge on any atom is -0.472 e. The van der Waals surface area contributed by atoms with Crippen molar-refractivity contribution in [3.05, 3.63) is 24.2 Å². The quantitative estimate of drug-likeness (QED) is 0.674. The molecule has 1 rings (SSSR count). The Bertz CT molecular complexity index is 246. The second kappa shape index (κ2) is 4.16. The van der Waals surface area contributed by atoms with Crippen LogP contribution in [0, 0.1) is 0 Å². The van der Waals surface area contributed by atoms with Gasteiger partial charge in [-0.3, -0.25) is 4.79 Å². The predicted molar refractivity (Wildman–Crippen MR) is 46.4 cm³/mol. The maximum atomic E-state index is 11.4. The van der Waals surface area contributed by atoms with E-state index in [0.29, 0.717) is 18.0 Å². The lowest BCUT2D eigenvalue weighted by atomic mass is 10.3. The molecule has 66 valence electrons. The molecule has 1 heterocycles. The van der Waals surface area contributed by atoms with E-state index in [4.69, 9.17) is 16.0 Å². The molecule has 12 heavy (non-hydrogen) atoms. The van der Waals surface area contributed by atoms with Crippen LogP contribution >= 0.6 is 11.6 Å². The van der Waals surface area contributed by atoms with E-state index in [-0.39, 0.29) is 5.91 Å². The zero-order chi connectivity index (χ0) is 8.97. The van der Waals surface area contributed by atoms with Crippen molar-refractivity contribution < 1.29 is 9.21 Å². The van der Waals surface area contributed by atoms with Gasteiger partial charge in [-0.2, -0.15) is 0 Å². The summed E-state index contributed by atoms with van der Waals surface area (Å²) in [6.45, 7) is 0.547. The fourth-order valence-corrected chi connectivity index (χ4v) is 1.09. The van der Waals surface area contributed by atoms with Crippen LogP contribution in [0.15, 0.2) is 23.0 Å². The maximum absolute atomic E-state index is 11.4. The fraction of sp³-hybridized carbons (Fsp3) is 0.375. The highest BCUT2D eigenvalue weighted by molar-refractivity contribution is 6.18. The molecule has 1 amide bonds. The molecule has 0 fully saturated rings. The van der Waals surface area contributed by atoms with Crippen molar-refractivity contribution in [1.82, 2.24) is 4.90 Å². The van der Waals surface area contributed by atoms with Crippen molar-refractivity contribution in [2.24, 2.45) is 0 Å². The lowest BCUT2D eigenvalue weighted by Crippen LogP contribution is -2.28. The van der Waals surface area contributed by atoms with Crippen LogP contribution in [0.4, 0.5) is 0 Å². The number of carbonyl (C=O) groups excluding carboxylic acids is 1. The first kappa shape index (κ1) is 9.13. The summed E-state index contributed by atoms with van der Waals surface area (Å²) in [6.07, 6.45) is 2.90. The average Bonchev–Trinajstić information content (AvgIpc) is 2.55. The Balaban J connectivity index is 2.59. The molecule has 0 atom stereocenters. The van der Waals surface area contributed by atoms with E-state index in [2.05, 4.69) is 0 Å². The van der Waals surface area contributed by atoms with Crippen LogP contribution in [-0.4, -0.2) is 30.3 Å². The highest BCUT2D eigenvalue weighted by Gasteiger charge is 2.11. The summed E-state index contributed by atoms with van der Waals surface area (Å²) >= 11 is 5.48. The Hall–Kier alpha value is -0.960. The molecule has 0 saturated carbocycles. The number of rotatable bonds is 3. The first-order chi connectivity index (χ1) is 5.75. The molecule has 0 N–H and O–H groups in total. The van der Waals surface area contributed by atoms with Crippen LogP contribution in [0.5, 0.6) is 0 Å². The molecule has 1 aromatic rings. The van der Waals surface area contributed by atoms with Crippen molar-refractivity contribution >= 4 is 17.5 Å². The molecule has 0 saturated heterocycles. The molecule has 0 aliphatic heterocycles. The molecule has 0 aliphatic rings. The van der Waals surface area contributed by atoms with E-state index in [0.717, 1.165) is 0 Å². The molecule has 3 nitrogen and oxygen atoms in total. The monoisotopic (exact) mass is 187 g/mol. The minimum atomic E-state index is -0.0654. The van der Waals surface area contributed by atoms with Crippen LogP contribution < -0.4 is 0 Å². The number of carbonyl (C=O) groups is 1. The standard InChI is InChI=1S/C8H10ClNO2/c1-10(4-3-9)8(11)7-2-5-12-6-7/h2,5-6H,3-4H2,1H3. The molecule has 0 aliphatic carbocycles. The fourth-order valence-electron chi connectivity index (χ4n) is 0.835. The molecule has 0 spiro atoms. The van der Waals surface area contributed by atoms with Gasteiger partial charge in [-0.15, -0.1) is 11.6 Å². The summed E-state index contributed by atoms with van der Waals surface area (Å²) in [5.74, 6) is 0.379. The van der Waals surface area contributed by atoms with Gasteiger partial charge in [-0.25, -0.2) is 0 Å². The zero-order valence-electron chi connectivity index (χ0n) is 6.79. The summed E-state index contributed by atoms with van der Waals surface area (Å²) in [6, 6.07) is 1.63. The Morgan fingerprint density at radius 3 is 3.00 bits per heavy atom. The lowest BCUT2D eigenvalue weighted by molar-refractivity contribution is 0.0802. The first-order valence-corrected chi connectivity index (χ1v) is 4.13. The van der Waals surface area contributed by atoms with Crippen LogP contribution in [0.1, 0.15) is 10.4 Å². The van der Waals surface area contributed by atoms with Gasteiger partial charge in [-0.1, -0.05) is 0 Å². The van der Waals surface area contributed by atoms with Gasteiger partial charge in [-0.05, 0) is 6.07 Å². The molecule has 0 unspecified atom stereocenters. The highest BCUT2D eigenvalue weighted by Crippen LogP contribution is 2.03. The normalized spacial score (nSPS) is 9.83. The van der Waals surface area contributed by atoms with E-state index in [1.807, 2.05) is 0 Å². The number of nitrogens with zero attached hydrogens (tertiary/aromatic N) is 1. The molecular weight excluding hydrogens is 178 g/mol. The summed E-state index contributed by atoms with van der Waals surface area (Å²) in [4.78, 5) is 13.0. The van der Waals surface area contributed by atoms with Crippen molar-refractivity contribution in [2.45, 2.75) is 0 Å². The molecule has 0 radical (unpaired) electrons. The Morgan fingerprint density at radius 2 is 2.50 bits per heavy atom. The highest BCUT2D eigenvalue weighted by atomic mass is 35.5. The maximum Gasteiger partial charge on any atom is 0.256 e. The number of amides is 1. The average molecular weight is 188 g/mol. The largest absolute Gasteiger partial charge is 0.472 e. The van der Waals surface area contributed by atoms with E-state index in [1.165, 1.54) is 12.5 Å². The second-order valence-electron chi connectivity index (χ2n) is 2.43. The Labute approximate surface area is 75.9 Å². The van der Waals surface area contributed by atoms with Crippen LogP contribution in [0.25, 0.3) is 0 Å². The van der Waals surface area contributed by atoms with Crippen LogP contribution in [0.3, 0.4) is 0 Å². The van der Waals surface area contributed by atoms with Crippen molar-refractivity contribution in [3.63, 3.8) is 0 Å². The second-order valence-corrected chi connectivity index (χ2v) is 2.81. The van der Waals surface area contributed by atoms with Gasteiger partial charge in [0.05, 0.1) is 11.8 Å². The van der Waals surface area contributed by atoms with Gasteiger partial charge in [0.15, 0.2) is 0 Å². The molecule has 0 aromatic carbocycles. The lowest BCUT2D eigenvalue weighted by Gasteiger charge is -2.13. The van der Waals surface area contributed by atoms with Crippen LogP contribution in [0.2, 0.25) is 0 Å². The first-order valence-electron chi connectivity index (χ1n) is 3.59. The van der Waals surface area contributed by atoms with Crippen molar-refractivity contribution in [2.75, 3.05) is 19.5 Å². The third-order valence-electron chi connectivity index (χ3n) is 1.53. The smallest absolute Gasteiger partial charge is 0.256 e. The Morgan fingerprint density at radius 1 is 1.75 bits per heavy atom. The van der Waals surface area contributed by atoms with Gasteiger partial charge >= 0.3 is 0 Å². The topological polar surface area (TPSA) is 33.5 Å². The van der Waals surface area contributed by atoms with E-state index in [9.17, 15) is 4.79 Å². The summed E-state index contributed by atoms with van der Waals surface area (Å²) < 4.78 is 4.78. The zero-order valence-corrected chi connectivity index (χ0v) is 7.54.